The quantitative estimate of drug-likeness (QED) is 0.906. The number of ether oxygens (including phenoxy) is 1. The largest absolute Gasteiger partial charge is 0.376 e. The summed E-state index contributed by atoms with van der Waals surface area (Å²) in [5.74, 6) is 0. The van der Waals surface area contributed by atoms with Crippen molar-refractivity contribution in [2.75, 3.05) is 25.0 Å². The highest BCUT2D eigenvalue weighted by Crippen LogP contribution is 2.15. The van der Waals surface area contributed by atoms with E-state index in [0.29, 0.717) is 6.54 Å². The number of carbonyl (C=O) groups is 1. The van der Waals surface area contributed by atoms with E-state index in [0.717, 1.165) is 43.8 Å². The molecule has 0 aromatic carbocycles. The van der Waals surface area contributed by atoms with Gasteiger partial charge in [0.25, 0.3) is 0 Å². The third-order valence-corrected chi connectivity index (χ3v) is 3.63. The Labute approximate surface area is 126 Å². The van der Waals surface area contributed by atoms with Gasteiger partial charge in [-0.15, -0.1) is 0 Å². The minimum Gasteiger partial charge on any atom is -0.376 e. The van der Waals surface area contributed by atoms with Gasteiger partial charge in [-0.1, -0.05) is 6.92 Å². The van der Waals surface area contributed by atoms with Crippen molar-refractivity contribution < 1.29 is 9.53 Å². The summed E-state index contributed by atoms with van der Waals surface area (Å²) in [7, 11) is 0. The van der Waals surface area contributed by atoms with Crippen molar-refractivity contribution in [3.8, 4) is 0 Å². The summed E-state index contributed by atoms with van der Waals surface area (Å²) >= 11 is 0. The number of aryl methyl sites for hydroxylation is 1. The smallest absolute Gasteiger partial charge is 0.321 e. The predicted octanol–water partition coefficient (Wildman–Crippen LogP) is 3.20. The molecule has 1 fully saturated rings. The summed E-state index contributed by atoms with van der Waals surface area (Å²) in [4.78, 5) is 18.4. The molecule has 2 rings (SSSR count). The third-order valence-electron chi connectivity index (χ3n) is 3.63. The molecule has 2 amide bonds. The number of rotatable bonds is 5. The number of pyridine rings is 1. The maximum absolute atomic E-state index is 12.4. The van der Waals surface area contributed by atoms with Gasteiger partial charge in [0.05, 0.1) is 6.10 Å². The first-order chi connectivity index (χ1) is 10.2. The lowest BCUT2D eigenvalue weighted by Gasteiger charge is -2.30. The van der Waals surface area contributed by atoms with Crippen LogP contribution in [0.15, 0.2) is 18.3 Å². The molecule has 0 saturated carbocycles. The number of nitrogens with zero attached hydrogens (tertiary/aromatic N) is 2. The first-order valence-electron chi connectivity index (χ1n) is 7.79. The molecule has 1 atom stereocenters. The molecule has 1 aliphatic rings. The highest BCUT2D eigenvalue weighted by atomic mass is 16.5. The Hall–Kier alpha value is -1.62. The fourth-order valence-electron chi connectivity index (χ4n) is 2.57. The molecular weight excluding hydrogens is 266 g/mol. The van der Waals surface area contributed by atoms with E-state index in [2.05, 4.69) is 17.2 Å². The molecule has 1 aromatic rings. The highest BCUT2D eigenvalue weighted by molar-refractivity contribution is 5.89. The van der Waals surface area contributed by atoms with Crippen molar-refractivity contribution in [2.45, 2.75) is 45.6 Å². The zero-order valence-electron chi connectivity index (χ0n) is 13.0. The Morgan fingerprint density at radius 2 is 2.38 bits per heavy atom. The van der Waals surface area contributed by atoms with Gasteiger partial charge in [-0.25, -0.2) is 4.79 Å². The number of carbonyl (C=O) groups excluding carboxylic acids is 1. The highest BCUT2D eigenvalue weighted by Gasteiger charge is 2.21. The summed E-state index contributed by atoms with van der Waals surface area (Å²) in [5, 5.41) is 2.95. The van der Waals surface area contributed by atoms with Gasteiger partial charge in [-0.05, 0) is 44.7 Å². The van der Waals surface area contributed by atoms with Crippen LogP contribution in [0, 0.1) is 6.92 Å². The second kappa shape index (κ2) is 7.98. The molecule has 5 heteroatoms. The van der Waals surface area contributed by atoms with Crippen LogP contribution >= 0.6 is 0 Å². The van der Waals surface area contributed by atoms with Crippen molar-refractivity contribution in [1.29, 1.82) is 0 Å². The predicted molar refractivity (Wildman–Crippen MR) is 83.4 cm³/mol. The second-order valence-corrected chi connectivity index (χ2v) is 5.55. The van der Waals surface area contributed by atoms with Gasteiger partial charge < -0.3 is 15.0 Å². The lowest BCUT2D eigenvalue weighted by molar-refractivity contribution is 0.00162. The average Bonchev–Trinajstić information content (AvgIpc) is 2.48. The van der Waals surface area contributed by atoms with E-state index in [9.17, 15) is 4.79 Å². The number of anilines is 1. The Morgan fingerprint density at radius 3 is 3.05 bits per heavy atom. The summed E-state index contributed by atoms with van der Waals surface area (Å²) in [5.41, 5.74) is 1.68. The van der Waals surface area contributed by atoms with Crippen LogP contribution in [0.1, 0.15) is 38.3 Å². The first-order valence-corrected chi connectivity index (χ1v) is 7.79. The Kier molecular flexibility index (Phi) is 5.99. The van der Waals surface area contributed by atoms with Gasteiger partial charge >= 0.3 is 6.03 Å². The molecule has 1 saturated heterocycles. The molecule has 2 heterocycles. The molecule has 21 heavy (non-hydrogen) atoms. The molecule has 1 aliphatic heterocycles. The zero-order chi connectivity index (χ0) is 15.1. The van der Waals surface area contributed by atoms with Gasteiger partial charge in [0.1, 0.15) is 0 Å². The molecular formula is C16H25N3O2. The minimum atomic E-state index is -0.0587. The summed E-state index contributed by atoms with van der Waals surface area (Å²) in [6.45, 7) is 6.23. The fourth-order valence-corrected chi connectivity index (χ4v) is 2.57. The lowest BCUT2D eigenvalue weighted by atomic mass is 10.1. The van der Waals surface area contributed by atoms with Crippen LogP contribution in [0.2, 0.25) is 0 Å². The van der Waals surface area contributed by atoms with Gasteiger partial charge in [-0.2, -0.15) is 0 Å². The zero-order valence-corrected chi connectivity index (χ0v) is 13.0. The van der Waals surface area contributed by atoms with Gasteiger partial charge in [0.15, 0.2) is 0 Å². The summed E-state index contributed by atoms with van der Waals surface area (Å²) in [6.07, 6.45) is 6.19. The first kappa shape index (κ1) is 15.8. The molecule has 0 radical (unpaired) electrons. The number of aromatic nitrogens is 1. The number of hydrogen-bond acceptors (Lipinski definition) is 3. The Bertz CT molecular complexity index is 459. The van der Waals surface area contributed by atoms with Gasteiger partial charge in [0.2, 0.25) is 0 Å². The average molecular weight is 291 g/mol. The fraction of sp³-hybridized carbons (Fsp3) is 0.625. The number of nitrogens with one attached hydrogen (secondary N) is 1. The van der Waals surface area contributed by atoms with Crippen molar-refractivity contribution in [3.05, 3.63) is 24.0 Å². The van der Waals surface area contributed by atoms with Crippen LogP contribution in [-0.4, -0.2) is 41.7 Å². The van der Waals surface area contributed by atoms with Crippen LogP contribution in [0.5, 0.6) is 0 Å². The van der Waals surface area contributed by atoms with Crippen molar-refractivity contribution >= 4 is 11.7 Å². The molecule has 0 aliphatic carbocycles. The van der Waals surface area contributed by atoms with E-state index < -0.39 is 0 Å². The molecule has 1 aromatic heterocycles. The normalized spacial score (nSPS) is 18.3. The van der Waals surface area contributed by atoms with E-state index in [1.807, 2.05) is 24.0 Å². The van der Waals surface area contributed by atoms with E-state index in [1.54, 1.807) is 6.20 Å². The van der Waals surface area contributed by atoms with Gasteiger partial charge in [0, 0.05) is 37.3 Å². The summed E-state index contributed by atoms with van der Waals surface area (Å²) in [6, 6.07) is 3.63. The van der Waals surface area contributed by atoms with Crippen LogP contribution in [0.3, 0.4) is 0 Å². The van der Waals surface area contributed by atoms with E-state index >= 15 is 0 Å². The lowest BCUT2D eigenvalue weighted by Crippen LogP contribution is -2.42. The van der Waals surface area contributed by atoms with Gasteiger partial charge in [-0.3, -0.25) is 4.98 Å². The van der Waals surface area contributed by atoms with Crippen LogP contribution in [0.25, 0.3) is 0 Å². The molecule has 5 nitrogen and oxygen atoms in total. The molecule has 116 valence electrons. The van der Waals surface area contributed by atoms with Crippen molar-refractivity contribution in [3.63, 3.8) is 0 Å². The molecule has 0 bridgehead atoms. The number of hydrogen-bond donors (Lipinski definition) is 1. The van der Waals surface area contributed by atoms with Crippen LogP contribution in [0.4, 0.5) is 10.5 Å². The SMILES string of the molecule is CCCN(CC1CCCCO1)C(=O)Nc1ccnc(C)c1. The standard InChI is InChI=1S/C16H25N3O2/c1-3-9-19(12-15-6-4-5-10-21-15)16(20)18-14-7-8-17-13(2)11-14/h7-8,11,15H,3-6,9-10,12H2,1-2H3,(H,17,18,20). The van der Waals surface area contributed by atoms with Crippen molar-refractivity contribution in [1.82, 2.24) is 9.88 Å². The maximum Gasteiger partial charge on any atom is 0.321 e. The minimum absolute atomic E-state index is 0.0587. The topological polar surface area (TPSA) is 54.5 Å². The molecule has 0 spiro atoms. The Morgan fingerprint density at radius 1 is 1.52 bits per heavy atom. The number of amides is 2. The number of urea groups is 1. The molecule has 1 N–H and O–H groups in total. The van der Waals surface area contributed by atoms with E-state index in [4.69, 9.17) is 4.74 Å². The van der Waals surface area contributed by atoms with Crippen LogP contribution < -0.4 is 5.32 Å². The van der Waals surface area contributed by atoms with Crippen molar-refractivity contribution in [2.24, 2.45) is 0 Å². The summed E-state index contributed by atoms with van der Waals surface area (Å²) < 4.78 is 5.74. The van der Waals surface area contributed by atoms with E-state index in [1.165, 1.54) is 6.42 Å². The Balaban J connectivity index is 1.94. The molecule has 1 unspecified atom stereocenters. The van der Waals surface area contributed by atoms with E-state index in [-0.39, 0.29) is 12.1 Å². The second-order valence-electron chi connectivity index (χ2n) is 5.55. The van der Waals surface area contributed by atoms with Crippen LogP contribution in [-0.2, 0) is 4.74 Å². The maximum atomic E-state index is 12.4. The third kappa shape index (κ3) is 5.01. The monoisotopic (exact) mass is 291 g/mol.